The Morgan fingerprint density at radius 1 is 1.05 bits per heavy atom. The number of methoxy groups -OCH3 is 3. The van der Waals surface area contributed by atoms with Gasteiger partial charge in [-0.25, -0.2) is 9.97 Å². The van der Waals surface area contributed by atoms with Crippen molar-refractivity contribution < 1.29 is 14.2 Å². The fourth-order valence-electron chi connectivity index (χ4n) is 1.73. The molecular formula is C14H13N3O3. The Kier molecular flexibility index (Phi) is 4.01. The molecule has 0 spiro atoms. The summed E-state index contributed by atoms with van der Waals surface area (Å²) in [6, 6.07) is 7.32. The van der Waals surface area contributed by atoms with E-state index < -0.39 is 0 Å². The topological polar surface area (TPSA) is 77.3 Å². The SMILES string of the molecule is COc1ccc(-c2cnc(OC)c(C#N)n2)cc1OC. The average molecular weight is 271 g/mol. The molecule has 0 aliphatic rings. The van der Waals surface area contributed by atoms with Crippen molar-refractivity contribution in [3.8, 4) is 34.7 Å². The van der Waals surface area contributed by atoms with Crippen LogP contribution in [0.3, 0.4) is 0 Å². The normalized spacial score (nSPS) is 9.70. The first-order valence-electron chi connectivity index (χ1n) is 5.77. The van der Waals surface area contributed by atoms with E-state index in [-0.39, 0.29) is 11.6 Å². The Morgan fingerprint density at radius 2 is 1.80 bits per heavy atom. The van der Waals surface area contributed by atoms with Crippen molar-refractivity contribution in [3.63, 3.8) is 0 Å². The van der Waals surface area contributed by atoms with Crippen molar-refractivity contribution in [1.82, 2.24) is 9.97 Å². The van der Waals surface area contributed by atoms with Gasteiger partial charge in [0.25, 0.3) is 5.88 Å². The lowest BCUT2D eigenvalue weighted by Crippen LogP contribution is -1.97. The van der Waals surface area contributed by atoms with Crippen LogP contribution < -0.4 is 14.2 Å². The summed E-state index contributed by atoms with van der Waals surface area (Å²) in [6.45, 7) is 0. The maximum atomic E-state index is 9.03. The summed E-state index contributed by atoms with van der Waals surface area (Å²) in [5, 5.41) is 9.03. The van der Waals surface area contributed by atoms with Gasteiger partial charge in [-0.15, -0.1) is 0 Å². The van der Waals surface area contributed by atoms with Gasteiger partial charge in [0.2, 0.25) is 5.69 Å². The molecule has 0 unspecified atom stereocenters. The highest BCUT2D eigenvalue weighted by Crippen LogP contribution is 2.31. The predicted octanol–water partition coefficient (Wildman–Crippen LogP) is 2.04. The molecule has 2 rings (SSSR count). The van der Waals surface area contributed by atoms with Crippen LogP contribution in [0.5, 0.6) is 17.4 Å². The van der Waals surface area contributed by atoms with Crippen LogP contribution in [0, 0.1) is 11.3 Å². The van der Waals surface area contributed by atoms with Crippen molar-refractivity contribution in [1.29, 1.82) is 5.26 Å². The van der Waals surface area contributed by atoms with Gasteiger partial charge in [0.15, 0.2) is 11.5 Å². The molecule has 0 bridgehead atoms. The largest absolute Gasteiger partial charge is 0.493 e. The van der Waals surface area contributed by atoms with E-state index in [1.165, 1.54) is 7.11 Å². The van der Waals surface area contributed by atoms with E-state index in [0.29, 0.717) is 17.2 Å². The molecule has 6 heteroatoms. The van der Waals surface area contributed by atoms with Crippen LogP contribution in [-0.4, -0.2) is 31.3 Å². The summed E-state index contributed by atoms with van der Waals surface area (Å²) in [7, 11) is 4.57. The number of benzene rings is 1. The Morgan fingerprint density at radius 3 is 2.40 bits per heavy atom. The molecule has 1 aromatic heterocycles. The van der Waals surface area contributed by atoms with Crippen LogP contribution in [-0.2, 0) is 0 Å². The van der Waals surface area contributed by atoms with Crippen molar-refractivity contribution in [2.24, 2.45) is 0 Å². The zero-order valence-corrected chi connectivity index (χ0v) is 11.4. The minimum absolute atomic E-state index is 0.139. The molecule has 102 valence electrons. The lowest BCUT2D eigenvalue weighted by Gasteiger charge is -2.09. The van der Waals surface area contributed by atoms with Gasteiger partial charge in [-0.1, -0.05) is 0 Å². The zero-order valence-electron chi connectivity index (χ0n) is 11.4. The minimum Gasteiger partial charge on any atom is -0.493 e. The Bertz CT molecular complexity index is 665. The van der Waals surface area contributed by atoms with E-state index >= 15 is 0 Å². The lowest BCUT2D eigenvalue weighted by molar-refractivity contribution is 0.355. The van der Waals surface area contributed by atoms with Crippen LogP contribution in [0.25, 0.3) is 11.3 Å². The highest BCUT2D eigenvalue weighted by atomic mass is 16.5. The number of hydrogen-bond acceptors (Lipinski definition) is 6. The molecular weight excluding hydrogens is 258 g/mol. The zero-order chi connectivity index (χ0) is 14.5. The molecule has 20 heavy (non-hydrogen) atoms. The number of ether oxygens (including phenoxy) is 3. The van der Waals surface area contributed by atoms with Gasteiger partial charge in [-0.2, -0.15) is 5.26 Å². The van der Waals surface area contributed by atoms with Crippen LogP contribution in [0.4, 0.5) is 0 Å². The first-order valence-corrected chi connectivity index (χ1v) is 5.77. The molecule has 0 saturated heterocycles. The summed E-state index contributed by atoms with van der Waals surface area (Å²) >= 11 is 0. The van der Waals surface area contributed by atoms with Gasteiger partial charge < -0.3 is 14.2 Å². The van der Waals surface area contributed by atoms with Gasteiger partial charge in [0, 0.05) is 5.56 Å². The first-order chi connectivity index (χ1) is 9.73. The molecule has 2 aromatic rings. The first kappa shape index (κ1) is 13.6. The summed E-state index contributed by atoms with van der Waals surface area (Å²) in [5.41, 5.74) is 1.47. The van der Waals surface area contributed by atoms with Gasteiger partial charge in [-0.3, -0.25) is 0 Å². The molecule has 0 saturated carbocycles. The molecule has 0 fully saturated rings. The molecule has 1 aromatic carbocycles. The van der Waals surface area contributed by atoms with Crippen LogP contribution in [0.1, 0.15) is 5.69 Å². The van der Waals surface area contributed by atoms with Gasteiger partial charge in [-0.05, 0) is 18.2 Å². The minimum atomic E-state index is 0.139. The lowest BCUT2D eigenvalue weighted by atomic mass is 10.1. The quantitative estimate of drug-likeness (QED) is 0.846. The second kappa shape index (κ2) is 5.89. The Balaban J connectivity index is 2.49. The molecule has 0 aliphatic heterocycles. The molecule has 6 nitrogen and oxygen atoms in total. The summed E-state index contributed by atoms with van der Waals surface area (Å²) < 4.78 is 15.4. The molecule has 0 aliphatic carbocycles. The van der Waals surface area contributed by atoms with Gasteiger partial charge >= 0.3 is 0 Å². The highest BCUT2D eigenvalue weighted by molar-refractivity contribution is 5.64. The van der Waals surface area contributed by atoms with Crippen LogP contribution >= 0.6 is 0 Å². The maximum absolute atomic E-state index is 9.03. The third kappa shape index (κ3) is 2.47. The number of rotatable bonds is 4. The van der Waals surface area contributed by atoms with Crippen molar-refractivity contribution in [3.05, 3.63) is 30.1 Å². The van der Waals surface area contributed by atoms with Gasteiger partial charge in [0.05, 0.1) is 33.2 Å². The number of nitriles is 1. The summed E-state index contributed by atoms with van der Waals surface area (Å²) in [5.74, 6) is 1.41. The van der Waals surface area contributed by atoms with Crippen LogP contribution in [0.15, 0.2) is 24.4 Å². The smallest absolute Gasteiger partial charge is 0.250 e. The fourth-order valence-corrected chi connectivity index (χ4v) is 1.73. The second-order valence-corrected chi connectivity index (χ2v) is 3.79. The highest BCUT2D eigenvalue weighted by Gasteiger charge is 2.11. The number of aromatic nitrogens is 2. The van der Waals surface area contributed by atoms with E-state index in [2.05, 4.69) is 9.97 Å². The van der Waals surface area contributed by atoms with Crippen molar-refractivity contribution in [2.75, 3.05) is 21.3 Å². The fraction of sp³-hybridized carbons (Fsp3) is 0.214. The number of nitrogens with zero attached hydrogens (tertiary/aromatic N) is 3. The number of hydrogen-bond donors (Lipinski definition) is 0. The molecule has 0 radical (unpaired) electrons. The predicted molar refractivity (Wildman–Crippen MR) is 71.8 cm³/mol. The van der Waals surface area contributed by atoms with Crippen molar-refractivity contribution in [2.45, 2.75) is 0 Å². The summed E-state index contributed by atoms with van der Waals surface area (Å²) in [6.07, 6.45) is 1.54. The van der Waals surface area contributed by atoms with Gasteiger partial charge in [0.1, 0.15) is 6.07 Å². The standard InChI is InChI=1S/C14H13N3O3/c1-18-12-5-4-9(6-13(12)19-2)11-8-16-14(20-3)10(7-15)17-11/h4-6,8H,1-3H3. The van der Waals surface area contributed by atoms with E-state index in [1.54, 1.807) is 32.5 Å². The molecule has 1 heterocycles. The third-order valence-electron chi connectivity index (χ3n) is 2.72. The second-order valence-electron chi connectivity index (χ2n) is 3.79. The van der Waals surface area contributed by atoms with E-state index in [1.807, 2.05) is 12.1 Å². The van der Waals surface area contributed by atoms with E-state index in [9.17, 15) is 0 Å². The summed E-state index contributed by atoms with van der Waals surface area (Å²) in [4.78, 5) is 8.28. The Labute approximate surface area is 116 Å². The molecule has 0 atom stereocenters. The monoisotopic (exact) mass is 271 g/mol. The van der Waals surface area contributed by atoms with E-state index in [4.69, 9.17) is 19.5 Å². The van der Waals surface area contributed by atoms with E-state index in [0.717, 1.165) is 5.56 Å². The van der Waals surface area contributed by atoms with Crippen molar-refractivity contribution >= 4 is 0 Å². The third-order valence-corrected chi connectivity index (χ3v) is 2.72. The maximum Gasteiger partial charge on any atom is 0.250 e. The average Bonchev–Trinajstić information content (AvgIpc) is 2.53. The Hall–Kier alpha value is -2.81. The molecule has 0 N–H and O–H groups in total. The molecule has 0 amide bonds. The van der Waals surface area contributed by atoms with Crippen LogP contribution in [0.2, 0.25) is 0 Å².